The first-order valence-corrected chi connectivity index (χ1v) is 9.61. The monoisotopic (exact) mass is 363 g/mol. The van der Waals surface area contributed by atoms with E-state index in [0.717, 1.165) is 44.6 Å². The van der Waals surface area contributed by atoms with Crippen molar-refractivity contribution >= 4 is 5.91 Å². The Hall–Kier alpha value is -1.79. The van der Waals surface area contributed by atoms with Gasteiger partial charge in [-0.25, -0.2) is 0 Å². The molecule has 0 aliphatic carbocycles. The van der Waals surface area contributed by atoms with Crippen molar-refractivity contribution in [1.82, 2.24) is 15.1 Å². The van der Waals surface area contributed by atoms with Crippen LogP contribution in [0, 0.1) is 6.92 Å². The Balaban J connectivity index is 1.55. The van der Waals surface area contributed by atoms with Crippen molar-refractivity contribution in [3.8, 4) is 11.5 Å². The summed E-state index contributed by atoms with van der Waals surface area (Å²) in [4.78, 5) is 16.9. The molecule has 1 saturated heterocycles. The van der Waals surface area contributed by atoms with Crippen LogP contribution in [0.25, 0.3) is 0 Å². The van der Waals surface area contributed by atoms with Crippen LogP contribution in [0.4, 0.5) is 0 Å². The number of piperazine rings is 1. The first kappa shape index (κ1) is 20.5. The molecule has 1 aliphatic rings. The number of unbranched alkanes of at least 4 members (excludes halogenated alkanes) is 1. The lowest BCUT2D eigenvalue weighted by Crippen LogP contribution is -2.46. The van der Waals surface area contributed by atoms with E-state index in [-0.39, 0.29) is 12.5 Å². The topological polar surface area (TPSA) is 54.0 Å². The summed E-state index contributed by atoms with van der Waals surface area (Å²) < 4.78 is 10.8. The van der Waals surface area contributed by atoms with Crippen LogP contribution < -0.4 is 14.8 Å². The minimum Gasteiger partial charge on any atom is -0.493 e. The van der Waals surface area contributed by atoms with Crippen molar-refractivity contribution < 1.29 is 14.3 Å². The zero-order valence-electron chi connectivity index (χ0n) is 16.4. The van der Waals surface area contributed by atoms with E-state index in [0.29, 0.717) is 18.0 Å². The number of hydrogen-bond donors (Lipinski definition) is 1. The van der Waals surface area contributed by atoms with Gasteiger partial charge in [-0.2, -0.15) is 0 Å². The molecule has 2 rings (SSSR count). The first-order chi connectivity index (χ1) is 12.6. The highest BCUT2D eigenvalue weighted by atomic mass is 16.5. The molecule has 26 heavy (non-hydrogen) atoms. The van der Waals surface area contributed by atoms with E-state index in [4.69, 9.17) is 9.47 Å². The molecule has 1 N–H and O–H groups in total. The second kappa shape index (κ2) is 11.0. The lowest BCUT2D eigenvalue weighted by molar-refractivity contribution is -0.123. The molecule has 146 valence electrons. The number of carbonyl (C=O) groups excluding carboxylic acids is 1. The predicted octanol–water partition coefficient (Wildman–Crippen LogP) is 1.92. The molecule has 0 spiro atoms. The van der Waals surface area contributed by atoms with E-state index in [9.17, 15) is 4.79 Å². The van der Waals surface area contributed by atoms with E-state index in [1.165, 1.54) is 13.1 Å². The van der Waals surface area contributed by atoms with Gasteiger partial charge in [0.2, 0.25) is 0 Å². The molecular weight excluding hydrogens is 330 g/mol. The Morgan fingerprint density at radius 1 is 1.12 bits per heavy atom. The lowest BCUT2D eigenvalue weighted by atomic mass is 10.2. The van der Waals surface area contributed by atoms with Crippen LogP contribution in [0.3, 0.4) is 0 Å². The maximum atomic E-state index is 11.9. The van der Waals surface area contributed by atoms with Crippen molar-refractivity contribution in [2.24, 2.45) is 0 Å². The molecule has 0 atom stereocenters. The Bertz CT molecular complexity index is 557. The molecular formula is C20H33N3O3. The normalized spacial score (nSPS) is 15.7. The number of amides is 1. The van der Waals surface area contributed by atoms with Crippen molar-refractivity contribution in [2.75, 3.05) is 59.5 Å². The van der Waals surface area contributed by atoms with Gasteiger partial charge in [-0.15, -0.1) is 0 Å². The third kappa shape index (κ3) is 6.84. The summed E-state index contributed by atoms with van der Waals surface area (Å²) in [5.41, 5.74) is 1.09. The van der Waals surface area contributed by atoms with Gasteiger partial charge in [0, 0.05) is 32.7 Å². The fourth-order valence-corrected chi connectivity index (χ4v) is 3.11. The van der Waals surface area contributed by atoms with Gasteiger partial charge in [0.25, 0.3) is 5.91 Å². The Morgan fingerprint density at radius 2 is 1.85 bits per heavy atom. The molecule has 0 unspecified atom stereocenters. The zero-order valence-corrected chi connectivity index (χ0v) is 16.4. The molecule has 0 bridgehead atoms. The van der Waals surface area contributed by atoms with Gasteiger partial charge in [0.1, 0.15) is 0 Å². The number of nitrogens with one attached hydrogen (secondary N) is 1. The fourth-order valence-electron chi connectivity index (χ4n) is 3.11. The van der Waals surface area contributed by atoms with Crippen LogP contribution in [0.15, 0.2) is 18.2 Å². The van der Waals surface area contributed by atoms with Crippen LogP contribution in [-0.2, 0) is 4.79 Å². The Kier molecular flexibility index (Phi) is 8.71. The molecule has 6 heteroatoms. The summed E-state index contributed by atoms with van der Waals surface area (Å²) in [6.07, 6.45) is 2.10. The van der Waals surface area contributed by atoms with Gasteiger partial charge in [0.05, 0.1) is 7.11 Å². The summed E-state index contributed by atoms with van der Waals surface area (Å²) in [5.74, 6) is 1.16. The van der Waals surface area contributed by atoms with E-state index >= 15 is 0 Å². The number of aryl methyl sites for hydroxylation is 1. The second-order valence-corrected chi connectivity index (χ2v) is 6.78. The zero-order chi connectivity index (χ0) is 18.8. The lowest BCUT2D eigenvalue weighted by Gasteiger charge is -2.33. The minimum atomic E-state index is -0.0933. The van der Waals surface area contributed by atoms with Gasteiger partial charge in [-0.3, -0.25) is 4.79 Å². The number of rotatable bonds is 10. The van der Waals surface area contributed by atoms with Gasteiger partial charge in [-0.05, 0) is 50.6 Å². The van der Waals surface area contributed by atoms with Gasteiger partial charge < -0.3 is 24.6 Å². The van der Waals surface area contributed by atoms with Gasteiger partial charge in [0.15, 0.2) is 18.1 Å². The maximum Gasteiger partial charge on any atom is 0.257 e. The SMILES string of the molecule is CCN1CCN(CCCCNC(=O)COc2ccc(C)cc2OC)CC1. The number of ether oxygens (including phenoxy) is 2. The highest BCUT2D eigenvalue weighted by Crippen LogP contribution is 2.27. The van der Waals surface area contributed by atoms with E-state index in [1.54, 1.807) is 7.11 Å². The van der Waals surface area contributed by atoms with Gasteiger partial charge >= 0.3 is 0 Å². The van der Waals surface area contributed by atoms with Crippen LogP contribution in [0.2, 0.25) is 0 Å². The highest BCUT2D eigenvalue weighted by Gasteiger charge is 2.14. The van der Waals surface area contributed by atoms with E-state index < -0.39 is 0 Å². The summed E-state index contributed by atoms with van der Waals surface area (Å²) in [5, 5.41) is 2.92. The Labute approximate surface area is 157 Å². The van der Waals surface area contributed by atoms with Crippen molar-refractivity contribution in [2.45, 2.75) is 26.7 Å². The van der Waals surface area contributed by atoms with E-state index in [2.05, 4.69) is 22.0 Å². The number of carbonyl (C=O) groups is 1. The van der Waals surface area contributed by atoms with Crippen molar-refractivity contribution in [3.05, 3.63) is 23.8 Å². The third-order valence-electron chi connectivity index (χ3n) is 4.81. The number of nitrogens with zero attached hydrogens (tertiary/aromatic N) is 2. The number of hydrogen-bond acceptors (Lipinski definition) is 5. The molecule has 1 heterocycles. The maximum absolute atomic E-state index is 11.9. The first-order valence-electron chi connectivity index (χ1n) is 9.61. The van der Waals surface area contributed by atoms with Crippen molar-refractivity contribution in [1.29, 1.82) is 0 Å². The van der Waals surface area contributed by atoms with Crippen LogP contribution in [-0.4, -0.2) is 75.2 Å². The standard InChI is InChI=1S/C20H33N3O3/c1-4-22-11-13-23(14-12-22)10-6-5-9-21-20(24)16-26-18-8-7-17(2)15-19(18)25-3/h7-8,15H,4-6,9-14,16H2,1-3H3,(H,21,24). The van der Waals surface area contributed by atoms with Crippen LogP contribution >= 0.6 is 0 Å². The number of likely N-dealkylation sites (N-methyl/N-ethyl adjacent to an activating group) is 1. The largest absolute Gasteiger partial charge is 0.493 e. The molecule has 0 saturated carbocycles. The summed E-state index contributed by atoms with van der Waals surface area (Å²) in [6, 6.07) is 5.67. The molecule has 0 radical (unpaired) electrons. The number of benzene rings is 1. The second-order valence-electron chi connectivity index (χ2n) is 6.78. The van der Waals surface area contributed by atoms with E-state index in [1.807, 2.05) is 25.1 Å². The number of methoxy groups -OCH3 is 1. The molecule has 1 aromatic carbocycles. The molecule has 1 fully saturated rings. The summed E-state index contributed by atoms with van der Waals surface area (Å²) in [7, 11) is 1.60. The highest BCUT2D eigenvalue weighted by molar-refractivity contribution is 5.77. The summed E-state index contributed by atoms with van der Waals surface area (Å²) >= 11 is 0. The van der Waals surface area contributed by atoms with Crippen LogP contribution in [0.5, 0.6) is 11.5 Å². The fraction of sp³-hybridized carbons (Fsp3) is 0.650. The molecule has 1 aliphatic heterocycles. The molecule has 6 nitrogen and oxygen atoms in total. The molecule has 1 aromatic rings. The van der Waals surface area contributed by atoms with Crippen molar-refractivity contribution in [3.63, 3.8) is 0 Å². The smallest absolute Gasteiger partial charge is 0.257 e. The summed E-state index contributed by atoms with van der Waals surface area (Å²) in [6.45, 7) is 11.8. The van der Waals surface area contributed by atoms with Gasteiger partial charge in [-0.1, -0.05) is 13.0 Å². The average molecular weight is 364 g/mol. The molecule has 0 aromatic heterocycles. The minimum absolute atomic E-state index is 0.0123. The predicted molar refractivity (Wildman–Crippen MR) is 104 cm³/mol. The Morgan fingerprint density at radius 3 is 2.54 bits per heavy atom. The quantitative estimate of drug-likeness (QED) is 0.644. The third-order valence-corrected chi connectivity index (χ3v) is 4.81. The average Bonchev–Trinajstić information content (AvgIpc) is 2.67. The molecule has 1 amide bonds. The van der Waals surface area contributed by atoms with Crippen LogP contribution in [0.1, 0.15) is 25.3 Å².